The van der Waals surface area contributed by atoms with Crippen LogP contribution in [0.4, 0.5) is 0 Å². The number of benzene rings is 1. The molecule has 1 aliphatic rings. The van der Waals surface area contributed by atoms with Crippen molar-refractivity contribution in [3.05, 3.63) is 35.4 Å². The molecule has 1 heterocycles. The van der Waals surface area contributed by atoms with Crippen LogP contribution in [0.5, 0.6) is 0 Å². The predicted molar refractivity (Wildman–Crippen MR) is 128 cm³/mol. The van der Waals surface area contributed by atoms with Crippen molar-refractivity contribution in [1.29, 1.82) is 0 Å². The lowest BCUT2D eigenvalue weighted by atomic mass is 9.72. The van der Waals surface area contributed by atoms with Gasteiger partial charge in [-0.15, -0.1) is 0 Å². The number of ketones is 1. The van der Waals surface area contributed by atoms with E-state index in [4.69, 9.17) is 10.7 Å². The Morgan fingerprint density at radius 3 is 2.40 bits per heavy atom. The molecule has 4 atom stereocenters. The van der Waals surface area contributed by atoms with Gasteiger partial charge in [-0.3, -0.25) is 9.79 Å². The number of aliphatic imine (C=N–C) groups is 1. The standard InChI is InChI=1S/C26H43N3O/c1-7-9-14-29(15-10-8-2)20(4)18-26(6)24(30)23(21(5)25(27)28-26)17-22-13-11-12-19(3)16-22/h11-13,16,20-21,23H,7-10,14-15,17-18H2,1-6H3,(H2,27,28). The number of hydrogen-bond donors (Lipinski definition) is 1. The van der Waals surface area contributed by atoms with Gasteiger partial charge in [-0.1, -0.05) is 63.4 Å². The van der Waals surface area contributed by atoms with Crippen molar-refractivity contribution in [2.24, 2.45) is 22.6 Å². The Bertz CT molecular complexity index is 721. The summed E-state index contributed by atoms with van der Waals surface area (Å²) in [5.74, 6) is 0.762. The van der Waals surface area contributed by atoms with Gasteiger partial charge in [0.2, 0.25) is 0 Å². The van der Waals surface area contributed by atoms with Crippen molar-refractivity contribution in [3.8, 4) is 0 Å². The van der Waals surface area contributed by atoms with E-state index in [1.54, 1.807) is 0 Å². The molecular formula is C26H43N3O. The molecule has 168 valence electrons. The zero-order chi connectivity index (χ0) is 22.3. The average Bonchev–Trinajstić information content (AvgIpc) is 2.70. The molecule has 0 saturated carbocycles. The number of Topliss-reactive ketones (excluding diaryl/α,β-unsaturated/α-hetero) is 1. The van der Waals surface area contributed by atoms with E-state index < -0.39 is 5.54 Å². The number of carbonyl (C=O) groups is 1. The molecule has 0 amide bonds. The highest BCUT2D eigenvalue weighted by Gasteiger charge is 2.46. The molecule has 0 aliphatic carbocycles. The lowest BCUT2D eigenvalue weighted by molar-refractivity contribution is -0.129. The second kappa shape index (κ2) is 11.1. The van der Waals surface area contributed by atoms with E-state index in [1.807, 2.05) is 6.92 Å². The Labute approximate surface area is 184 Å². The molecular weight excluding hydrogens is 370 g/mol. The summed E-state index contributed by atoms with van der Waals surface area (Å²) in [6.07, 6.45) is 6.22. The lowest BCUT2D eigenvalue weighted by Crippen LogP contribution is -2.53. The highest BCUT2D eigenvalue weighted by atomic mass is 16.1. The molecule has 1 aromatic rings. The van der Waals surface area contributed by atoms with E-state index in [0.717, 1.165) is 25.9 Å². The molecule has 0 radical (unpaired) electrons. The summed E-state index contributed by atoms with van der Waals surface area (Å²) in [6.45, 7) is 15.0. The minimum absolute atomic E-state index is 0.0160. The summed E-state index contributed by atoms with van der Waals surface area (Å²) in [5, 5.41) is 0. The van der Waals surface area contributed by atoms with Crippen molar-refractivity contribution in [3.63, 3.8) is 0 Å². The summed E-state index contributed by atoms with van der Waals surface area (Å²) in [5.41, 5.74) is 8.08. The van der Waals surface area contributed by atoms with Gasteiger partial charge in [-0.2, -0.15) is 0 Å². The summed E-state index contributed by atoms with van der Waals surface area (Å²) in [7, 11) is 0. The number of rotatable bonds is 11. The van der Waals surface area contributed by atoms with E-state index in [9.17, 15) is 4.79 Å². The molecule has 0 aromatic heterocycles. The second-order valence-electron chi connectivity index (χ2n) is 9.56. The Morgan fingerprint density at radius 2 is 1.83 bits per heavy atom. The SMILES string of the molecule is CCCCN(CCCC)C(C)CC1(C)N=C(N)C(C)C(Cc2cccc(C)c2)C1=O. The Kier molecular flexibility index (Phi) is 9.09. The van der Waals surface area contributed by atoms with Crippen molar-refractivity contribution in [1.82, 2.24) is 4.90 Å². The minimum atomic E-state index is -0.735. The van der Waals surface area contributed by atoms with E-state index >= 15 is 0 Å². The highest BCUT2D eigenvalue weighted by Crippen LogP contribution is 2.35. The zero-order valence-electron chi connectivity index (χ0n) is 20.1. The maximum absolute atomic E-state index is 13.7. The quantitative estimate of drug-likeness (QED) is 0.544. The first-order valence-electron chi connectivity index (χ1n) is 11.9. The summed E-state index contributed by atoms with van der Waals surface area (Å²) < 4.78 is 0. The first-order valence-corrected chi connectivity index (χ1v) is 11.9. The molecule has 4 unspecified atom stereocenters. The summed E-state index contributed by atoms with van der Waals surface area (Å²) in [6, 6.07) is 8.77. The molecule has 2 rings (SSSR count). The van der Waals surface area contributed by atoms with Gasteiger partial charge in [0.25, 0.3) is 0 Å². The molecule has 30 heavy (non-hydrogen) atoms. The third-order valence-electron chi connectivity index (χ3n) is 6.77. The number of hydrogen-bond acceptors (Lipinski definition) is 4. The van der Waals surface area contributed by atoms with Crippen LogP contribution in [0.25, 0.3) is 0 Å². The molecule has 4 nitrogen and oxygen atoms in total. The minimum Gasteiger partial charge on any atom is -0.387 e. The van der Waals surface area contributed by atoms with E-state index in [1.165, 1.54) is 36.8 Å². The third-order valence-corrected chi connectivity index (χ3v) is 6.77. The fourth-order valence-corrected chi connectivity index (χ4v) is 4.76. The van der Waals surface area contributed by atoms with Crippen LogP contribution < -0.4 is 5.73 Å². The van der Waals surface area contributed by atoms with Crippen molar-refractivity contribution >= 4 is 11.6 Å². The Morgan fingerprint density at radius 1 is 1.20 bits per heavy atom. The topological polar surface area (TPSA) is 58.7 Å². The van der Waals surface area contributed by atoms with Crippen molar-refractivity contribution in [2.45, 2.75) is 91.6 Å². The number of unbranched alkanes of at least 4 members (excludes halogenated alkanes) is 2. The highest BCUT2D eigenvalue weighted by molar-refractivity contribution is 6.01. The number of nitrogens with two attached hydrogens (primary N) is 1. The predicted octanol–water partition coefficient (Wildman–Crippen LogP) is 5.17. The fourth-order valence-electron chi connectivity index (χ4n) is 4.76. The van der Waals surface area contributed by atoms with Crippen molar-refractivity contribution < 1.29 is 4.79 Å². The van der Waals surface area contributed by atoms with Gasteiger partial charge in [-0.05, 0) is 65.1 Å². The summed E-state index contributed by atoms with van der Waals surface area (Å²) >= 11 is 0. The molecule has 4 heteroatoms. The van der Waals surface area contributed by atoms with Crippen LogP contribution in [0.2, 0.25) is 0 Å². The van der Waals surface area contributed by atoms with Crippen LogP contribution in [0.15, 0.2) is 29.3 Å². The van der Waals surface area contributed by atoms with Crippen LogP contribution in [0.3, 0.4) is 0 Å². The summed E-state index contributed by atoms with van der Waals surface area (Å²) in [4.78, 5) is 21.0. The molecule has 0 saturated heterocycles. The van der Waals surface area contributed by atoms with Gasteiger partial charge in [-0.25, -0.2) is 0 Å². The van der Waals surface area contributed by atoms with Crippen LogP contribution >= 0.6 is 0 Å². The third kappa shape index (κ3) is 6.16. The number of carbonyl (C=O) groups excluding carboxylic acids is 1. The van der Waals surface area contributed by atoms with Crippen LogP contribution in [-0.2, 0) is 11.2 Å². The van der Waals surface area contributed by atoms with Gasteiger partial charge in [0.1, 0.15) is 5.54 Å². The molecule has 0 bridgehead atoms. The van der Waals surface area contributed by atoms with E-state index in [2.05, 4.69) is 63.8 Å². The maximum atomic E-state index is 13.7. The van der Waals surface area contributed by atoms with Gasteiger partial charge in [0.15, 0.2) is 5.78 Å². The molecule has 1 aliphatic heterocycles. The second-order valence-corrected chi connectivity index (χ2v) is 9.56. The maximum Gasteiger partial charge on any atom is 0.164 e. The number of amidine groups is 1. The van der Waals surface area contributed by atoms with Crippen molar-refractivity contribution in [2.75, 3.05) is 13.1 Å². The van der Waals surface area contributed by atoms with Gasteiger partial charge >= 0.3 is 0 Å². The van der Waals surface area contributed by atoms with Gasteiger partial charge in [0, 0.05) is 17.9 Å². The molecule has 0 spiro atoms. The fraction of sp³-hybridized carbons (Fsp3) is 0.692. The monoisotopic (exact) mass is 413 g/mol. The van der Waals surface area contributed by atoms with E-state index in [-0.39, 0.29) is 17.6 Å². The lowest BCUT2D eigenvalue weighted by Gasteiger charge is -2.40. The molecule has 1 aromatic carbocycles. The number of nitrogens with zero attached hydrogens (tertiary/aromatic N) is 2. The molecule has 2 N–H and O–H groups in total. The smallest absolute Gasteiger partial charge is 0.164 e. The Hall–Kier alpha value is -1.68. The average molecular weight is 414 g/mol. The normalized spacial score (nSPS) is 25.4. The zero-order valence-corrected chi connectivity index (χ0v) is 20.1. The first-order chi connectivity index (χ1) is 14.2. The Balaban J connectivity index is 2.21. The van der Waals surface area contributed by atoms with Crippen LogP contribution in [0.1, 0.15) is 77.8 Å². The first kappa shape index (κ1) is 24.6. The largest absolute Gasteiger partial charge is 0.387 e. The van der Waals surface area contributed by atoms with Gasteiger partial charge in [0.05, 0.1) is 5.84 Å². The van der Waals surface area contributed by atoms with Crippen LogP contribution in [-0.4, -0.2) is 41.2 Å². The number of aryl methyl sites for hydroxylation is 1. The van der Waals surface area contributed by atoms with Gasteiger partial charge < -0.3 is 10.6 Å². The van der Waals surface area contributed by atoms with Crippen LogP contribution in [0, 0.1) is 18.8 Å². The molecule has 0 fully saturated rings. The van der Waals surface area contributed by atoms with E-state index in [0.29, 0.717) is 11.9 Å².